The number of hydrogen-bond acceptors (Lipinski definition) is 2. The molecule has 0 spiro atoms. The lowest BCUT2D eigenvalue weighted by Crippen LogP contribution is -2.06. The molecule has 3 rings (SSSR count). The second-order valence-electron chi connectivity index (χ2n) is 3.39. The smallest absolute Gasteiger partial charge is 0.0783 e. The van der Waals surface area contributed by atoms with Crippen LogP contribution in [0.2, 0.25) is 0 Å². The SMILES string of the molecule is C1=CC=C2N=C3C=CCC=C3SC2=CC=1. The first-order chi connectivity index (χ1) is 7.43. The number of rotatable bonds is 0. The molecule has 72 valence electrons. The van der Waals surface area contributed by atoms with Gasteiger partial charge in [-0.15, -0.1) is 5.73 Å². The summed E-state index contributed by atoms with van der Waals surface area (Å²) >= 11 is 1.79. The average molecular weight is 211 g/mol. The van der Waals surface area contributed by atoms with E-state index in [2.05, 4.69) is 35.0 Å². The third-order valence-electron chi connectivity index (χ3n) is 2.35. The normalized spacial score (nSPS) is 21.9. The van der Waals surface area contributed by atoms with E-state index >= 15 is 0 Å². The minimum absolute atomic E-state index is 1.02. The molecule has 0 N–H and O–H groups in total. The molecule has 1 nitrogen and oxygen atoms in total. The van der Waals surface area contributed by atoms with Gasteiger partial charge in [-0.2, -0.15) is 0 Å². The molecule has 0 atom stereocenters. The largest absolute Gasteiger partial charge is 0.247 e. The van der Waals surface area contributed by atoms with Crippen molar-refractivity contribution in [3.05, 3.63) is 63.8 Å². The van der Waals surface area contributed by atoms with Crippen LogP contribution in [0.15, 0.2) is 68.8 Å². The number of thioether (sulfide) groups is 1. The van der Waals surface area contributed by atoms with E-state index in [1.54, 1.807) is 11.8 Å². The van der Waals surface area contributed by atoms with Crippen molar-refractivity contribution >= 4 is 17.5 Å². The van der Waals surface area contributed by atoms with E-state index < -0.39 is 0 Å². The molecule has 1 aliphatic heterocycles. The summed E-state index contributed by atoms with van der Waals surface area (Å²) in [5.41, 5.74) is 5.19. The zero-order valence-corrected chi connectivity index (χ0v) is 8.92. The van der Waals surface area contributed by atoms with E-state index in [0.717, 1.165) is 17.8 Å². The Morgan fingerprint density at radius 3 is 3.13 bits per heavy atom. The van der Waals surface area contributed by atoms with Gasteiger partial charge in [-0.05, 0) is 36.8 Å². The van der Waals surface area contributed by atoms with E-state index in [1.807, 2.05) is 18.2 Å². The molecule has 0 saturated carbocycles. The van der Waals surface area contributed by atoms with Crippen LogP contribution in [0.4, 0.5) is 0 Å². The maximum atomic E-state index is 4.63. The van der Waals surface area contributed by atoms with Crippen molar-refractivity contribution < 1.29 is 0 Å². The molecule has 1 heterocycles. The lowest BCUT2D eigenvalue weighted by Gasteiger charge is -2.19. The number of aliphatic imine (C=N–C) groups is 1. The highest BCUT2D eigenvalue weighted by Gasteiger charge is 2.19. The summed E-state index contributed by atoms with van der Waals surface area (Å²) in [6.07, 6.45) is 15.4. The monoisotopic (exact) mass is 211 g/mol. The molecule has 0 aromatic carbocycles. The highest BCUT2D eigenvalue weighted by atomic mass is 32.2. The number of fused-ring (bicyclic) bond motifs is 2. The standard InChI is InChI=1S/C13H9NS/c1-2-6-10-12(8-3-1)15-13-9-5-4-7-11(13)14-10/h2-4,6-9H,5H2. The lowest BCUT2D eigenvalue weighted by atomic mass is 10.1. The van der Waals surface area contributed by atoms with Gasteiger partial charge in [-0.3, -0.25) is 0 Å². The molecular weight excluding hydrogens is 202 g/mol. The predicted molar refractivity (Wildman–Crippen MR) is 65.7 cm³/mol. The van der Waals surface area contributed by atoms with Gasteiger partial charge < -0.3 is 0 Å². The van der Waals surface area contributed by atoms with Crippen LogP contribution in [0.3, 0.4) is 0 Å². The molecular formula is C13H9NS. The first-order valence-electron chi connectivity index (χ1n) is 4.90. The van der Waals surface area contributed by atoms with E-state index in [0.29, 0.717) is 0 Å². The highest BCUT2D eigenvalue weighted by molar-refractivity contribution is 8.08. The summed E-state index contributed by atoms with van der Waals surface area (Å²) in [5, 5.41) is 0. The first kappa shape index (κ1) is 8.78. The molecule has 15 heavy (non-hydrogen) atoms. The van der Waals surface area contributed by atoms with Crippen molar-refractivity contribution in [1.82, 2.24) is 0 Å². The van der Waals surface area contributed by atoms with Crippen molar-refractivity contribution in [2.24, 2.45) is 4.99 Å². The molecule has 0 saturated heterocycles. The molecule has 0 fully saturated rings. The predicted octanol–water partition coefficient (Wildman–Crippen LogP) is 3.51. The third-order valence-corrected chi connectivity index (χ3v) is 3.51. The maximum Gasteiger partial charge on any atom is 0.0783 e. The Morgan fingerprint density at radius 1 is 1.20 bits per heavy atom. The van der Waals surface area contributed by atoms with Gasteiger partial charge in [0.15, 0.2) is 0 Å². The zero-order chi connectivity index (χ0) is 10.1. The van der Waals surface area contributed by atoms with Crippen LogP contribution in [-0.4, -0.2) is 5.71 Å². The highest BCUT2D eigenvalue weighted by Crippen LogP contribution is 2.39. The van der Waals surface area contributed by atoms with Gasteiger partial charge in [-0.25, -0.2) is 4.99 Å². The molecule has 0 radical (unpaired) electrons. The summed E-state index contributed by atoms with van der Waals surface area (Å²) in [6, 6.07) is 0. The molecule has 2 aliphatic carbocycles. The average Bonchev–Trinajstić information content (AvgIpc) is 2.50. The van der Waals surface area contributed by atoms with Crippen molar-refractivity contribution in [2.75, 3.05) is 0 Å². The van der Waals surface area contributed by atoms with Crippen molar-refractivity contribution in [2.45, 2.75) is 6.42 Å². The molecule has 0 aromatic heterocycles. The summed E-state index contributed by atoms with van der Waals surface area (Å²) in [6.45, 7) is 0. The van der Waals surface area contributed by atoms with Crippen LogP contribution in [0.1, 0.15) is 6.42 Å². The minimum atomic E-state index is 1.02. The quantitative estimate of drug-likeness (QED) is 0.558. The van der Waals surface area contributed by atoms with Crippen LogP contribution in [0.25, 0.3) is 0 Å². The van der Waals surface area contributed by atoms with Gasteiger partial charge >= 0.3 is 0 Å². The first-order valence-corrected chi connectivity index (χ1v) is 5.72. The maximum absolute atomic E-state index is 4.63. The van der Waals surface area contributed by atoms with Crippen molar-refractivity contribution in [3.63, 3.8) is 0 Å². The molecule has 0 unspecified atom stereocenters. The van der Waals surface area contributed by atoms with E-state index in [4.69, 9.17) is 0 Å². The Kier molecular flexibility index (Phi) is 2.09. The Hall–Kier alpha value is -1.50. The second kappa shape index (κ2) is 3.58. The topological polar surface area (TPSA) is 12.4 Å². The summed E-state index contributed by atoms with van der Waals surface area (Å²) < 4.78 is 0. The van der Waals surface area contributed by atoms with Gasteiger partial charge in [0.25, 0.3) is 0 Å². The van der Waals surface area contributed by atoms with E-state index in [9.17, 15) is 0 Å². The Balaban J connectivity index is 2.12. The third kappa shape index (κ3) is 1.58. The number of allylic oxidation sites excluding steroid dienone is 7. The van der Waals surface area contributed by atoms with Gasteiger partial charge in [0.1, 0.15) is 0 Å². The fraction of sp³-hybridized carbons (Fsp3) is 0.0769. The Labute approximate surface area is 93.0 Å². The molecule has 3 aliphatic rings. The van der Waals surface area contributed by atoms with Crippen LogP contribution in [0.5, 0.6) is 0 Å². The van der Waals surface area contributed by atoms with Crippen LogP contribution < -0.4 is 0 Å². The number of nitrogens with zero attached hydrogens (tertiary/aromatic N) is 1. The molecule has 2 heteroatoms. The molecule has 0 amide bonds. The summed E-state index contributed by atoms with van der Waals surface area (Å²) in [4.78, 5) is 7.11. The molecule has 0 aromatic rings. The van der Waals surface area contributed by atoms with Gasteiger partial charge in [0.2, 0.25) is 0 Å². The van der Waals surface area contributed by atoms with Crippen LogP contribution in [-0.2, 0) is 0 Å². The van der Waals surface area contributed by atoms with Gasteiger partial charge in [-0.1, -0.05) is 23.9 Å². The van der Waals surface area contributed by atoms with Gasteiger partial charge in [0, 0.05) is 9.81 Å². The Bertz CT molecular complexity index is 521. The van der Waals surface area contributed by atoms with Crippen LogP contribution >= 0.6 is 11.8 Å². The van der Waals surface area contributed by atoms with Crippen molar-refractivity contribution in [1.29, 1.82) is 0 Å². The molecule has 0 bridgehead atoms. The zero-order valence-electron chi connectivity index (χ0n) is 8.10. The van der Waals surface area contributed by atoms with Crippen LogP contribution in [0, 0.1) is 0 Å². The Morgan fingerprint density at radius 2 is 2.13 bits per heavy atom. The lowest BCUT2D eigenvalue weighted by molar-refractivity contribution is 1.33. The minimum Gasteiger partial charge on any atom is -0.247 e. The summed E-state index contributed by atoms with van der Waals surface area (Å²) in [7, 11) is 0. The second-order valence-corrected chi connectivity index (χ2v) is 4.47. The number of hydrogen-bond donors (Lipinski definition) is 0. The fourth-order valence-electron chi connectivity index (χ4n) is 1.63. The van der Waals surface area contributed by atoms with E-state index in [-0.39, 0.29) is 0 Å². The fourth-order valence-corrected chi connectivity index (χ4v) is 2.62. The van der Waals surface area contributed by atoms with Gasteiger partial charge in [0.05, 0.1) is 11.4 Å². The van der Waals surface area contributed by atoms with E-state index in [1.165, 1.54) is 9.81 Å². The van der Waals surface area contributed by atoms with Crippen molar-refractivity contribution in [3.8, 4) is 0 Å². The summed E-state index contributed by atoms with van der Waals surface area (Å²) in [5.74, 6) is 0.